The maximum Gasteiger partial charge on any atom is 0.131 e. The van der Waals surface area contributed by atoms with E-state index in [0.717, 1.165) is 15.6 Å². The van der Waals surface area contributed by atoms with Gasteiger partial charge in [-0.2, -0.15) is 0 Å². The Hall–Kier alpha value is -1.26. The highest BCUT2D eigenvalue weighted by molar-refractivity contribution is 9.10. The molecule has 2 rings (SSSR count). The minimum absolute atomic E-state index is 0.0382. The Morgan fingerprint density at radius 3 is 2.21 bits per heavy atom. The van der Waals surface area contributed by atoms with Gasteiger partial charge in [0.15, 0.2) is 0 Å². The van der Waals surface area contributed by atoms with Gasteiger partial charge in [-0.3, -0.25) is 0 Å². The quantitative estimate of drug-likeness (QED) is 0.884. The van der Waals surface area contributed by atoms with Crippen molar-refractivity contribution in [1.29, 1.82) is 0 Å². The van der Waals surface area contributed by atoms with Crippen LogP contribution in [0, 0.1) is 18.6 Å². The van der Waals surface area contributed by atoms with E-state index in [1.807, 2.05) is 25.1 Å². The Kier molecular flexibility index (Phi) is 4.32. The third-order valence-electron chi connectivity index (χ3n) is 3.11. The molecule has 100 valence electrons. The average molecular weight is 326 g/mol. The lowest BCUT2D eigenvalue weighted by molar-refractivity contribution is 0.521. The smallest absolute Gasteiger partial charge is 0.131 e. The first kappa shape index (κ1) is 14.2. The summed E-state index contributed by atoms with van der Waals surface area (Å²) in [5, 5.41) is 2.97. The number of nitrogens with one attached hydrogen (secondary N) is 1. The summed E-state index contributed by atoms with van der Waals surface area (Å²) in [7, 11) is 1.69. The second kappa shape index (κ2) is 5.80. The molecule has 2 aromatic carbocycles. The summed E-state index contributed by atoms with van der Waals surface area (Å²) in [6, 6.07) is 9.04. The number of hydrogen-bond acceptors (Lipinski definition) is 1. The minimum Gasteiger partial charge on any atom is -0.309 e. The van der Waals surface area contributed by atoms with Crippen molar-refractivity contribution >= 4 is 15.9 Å². The lowest BCUT2D eigenvalue weighted by Gasteiger charge is -2.20. The molecular formula is C15H14BrF2N. The molecule has 0 radical (unpaired) electrons. The molecule has 0 aromatic heterocycles. The van der Waals surface area contributed by atoms with Gasteiger partial charge in [0.05, 0.1) is 6.04 Å². The van der Waals surface area contributed by atoms with Crippen LogP contribution in [0.3, 0.4) is 0 Å². The van der Waals surface area contributed by atoms with Gasteiger partial charge in [-0.15, -0.1) is 0 Å². The second-order valence-corrected chi connectivity index (χ2v) is 5.13. The van der Waals surface area contributed by atoms with Crippen molar-refractivity contribution in [2.45, 2.75) is 13.0 Å². The molecule has 0 heterocycles. The van der Waals surface area contributed by atoms with Crippen LogP contribution >= 0.6 is 15.9 Å². The predicted molar refractivity (Wildman–Crippen MR) is 76.1 cm³/mol. The highest BCUT2D eigenvalue weighted by atomic mass is 79.9. The summed E-state index contributed by atoms with van der Waals surface area (Å²) in [5.74, 6) is -1.10. The van der Waals surface area contributed by atoms with Crippen molar-refractivity contribution in [2.24, 2.45) is 0 Å². The van der Waals surface area contributed by atoms with Crippen LogP contribution in [-0.4, -0.2) is 7.05 Å². The fourth-order valence-electron chi connectivity index (χ4n) is 2.13. The molecule has 0 aliphatic rings. The Bertz CT molecular complexity index is 578. The summed E-state index contributed by atoms with van der Waals surface area (Å²) in [6.45, 7) is 1.94. The third kappa shape index (κ3) is 2.69. The molecular weight excluding hydrogens is 312 g/mol. The van der Waals surface area contributed by atoms with E-state index < -0.39 is 17.7 Å². The molecule has 0 spiro atoms. The van der Waals surface area contributed by atoms with Gasteiger partial charge in [-0.1, -0.05) is 40.2 Å². The van der Waals surface area contributed by atoms with Crippen LogP contribution in [0.4, 0.5) is 8.78 Å². The van der Waals surface area contributed by atoms with Gasteiger partial charge in [0.1, 0.15) is 11.6 Å². The summed E-state index contributed by atoms with van der Waals surface area (Å²) < 4.78 is 28.7. The van der Waals surface area contributed by atoms with Gasteiger partial charge < -0.3 is 5.32 Å². The van der Waals surface area contributed by atoms with E-state index in [4.69, 9.17) is 0 Å². The van der Waals surface area contributed by atoms with Gasteiger partial charge in [0.2, 0.25) is 0 Å². The lowest BCUT2D eigenvalue weighted by atomic mass is 9.96. The Balaban J connectivity index is 2.60. The van der Waals surface area contributed by atoms with Gasteiger partial charge in [0, 0.05) is 10.0 Å². The van der Waals surface area contributed by atoms with Crippen molar-refractivity contribution in [3.8, 4) is 0 Å². The molecule has 0 saturated heterocycles. The third-order valence-corrected chi connectivity index (χ3v) is 4.19. The monoisotopic (exact) mass is 325 g/mol. The molecule has 0 amide bonds. The first-order chi connectivity index (χ1) is 9.06. The molecule has 1 N–H and O–H groups in total. The SMILES string of the molecule is CNC(c1cccc(C)c1Br)c1c(F)cccc1F. The molecule has 4 heteroatoms. The van der Waals surface area contributed by atoms with Crippen molar-refractivity contribution in [3.05, 3.63) is 69.2 Å². The van der Waals surface area contributed by atoms with Crippen LogP contribution in [0.2, 0.25) is 0 Å². The predicted octanol–water partition coefficient (Wildman–Crippen LogP) is 4.34. The fraction of sp³-hybridized carbons (Fsp3) is 0.200. The topological polar surface area (TPSA) is 12.0 Å². The Labute approximate surface area is 119 Å². The molecule has 19 heavy (non-hydrogen) atoms. The fourth-order valence-corrected chi connectivity index (χ4v) is 2.63. The van der Waals surface area contributed by atoms with Crippen LogP contribution in [0.5, 0.6) is 0 Å². The second-order valence-electron chi connectivity index (χ2n) is 4.34. The van der Waals surface area contributed by atoms with Crippen molar-refractivity contribution < 1.29 is 8.78 Å². The van der Waals surface area contributed by atoms with Crippen molar-refractivity contribution in [1.82, 2.24) is 5.32 Å². The lowest BCUT2D eigenvalue weighted by Crippen LogP contribution is -2.21. The maximum atomic E-state index is 13.9. The first-order valence-electron chi connectivity index (χ1n) is 5.92. The normalized spacial score (nSPS) is 12.5. The standard InChI is InChI=1S/C15H14BrF2N/c1-9-5-3-6-10(14(9)16)15(19-2)13-11(17)7-4-8-12(13)18/h3-8,15,19H,1-2H3. The molecule has 1 atom stereocenters. The average Bonchev–Trinajstić information content (AvgIpc) is 2.38. The van der Waals surface area contributed by atoms with E-state index in [9.17, 15) is 8.78 Å². The zero-order valence-electron chi connectivity index (χ0n) is 10.7. The highest BCUT2D eigenvalue weighted by Gasteiger charge is 2.22. The summed E-state index contributed by atoms with van der Waals surface area (Å²) in [6.07, 6.45) is 0. The van der Waals surface area contributed by atoms with E-state index >= 15 is 0 Å². The zero-order chi connectivity index (χ0) is 14.0. The van der Waals surface area contributed by atoms with Crippen LogP contribution in [-0.2, 0) is 0 Å². The van der Waals surface area contributed by atoms with Gasteiger partial charge in [-0.25, -0.2) is 8.78 Å². The first-order valence-corrected chi connectivity index (χ1v) is 6.71. The molecule has 1 nitrogen and oxygen atoms in total. The number of aryl methyl sites for hydroxylation is 1. The van der Waals surface area contributed by atoms with Gasteiger partial charge >= 0.3 is 0 Å². The maximum absolute atomic E-state index is 13.9. The summed E-state index contributed by atoms with van der Waals surface area (Å²) in [5.41, 5.74) is 1.87. The summed E-state index contributed by atoms with van der Waals surface area (Å²) in [4.78, 5) is 0. The molecule has 2 aromatic rings. The number of hydrogen-bond donors (Lipinski definition) is 1. The molecule has 0 aliphatic carbocycles. The van der Waals surface area contributed by atoms with E-state index in [2.05, 4.69) is 21.2 Å². The van der Waals surface area contributed by atoms with Crippen LogP contribution in [0.1, 0.15) is 22.7 Å². The molecule has 0 fully saturated rings. The Morgan fingerprint density at radius 2 is 1.63 bits per heavy atom. The van der Waals surface area contributed by atoms with Crippen molar-refractivity contribution in [2.75, 3.05) is 7.05 Å². The van der Waals surface area contributed by atoms with Crippen LogP contribution in [0.25, 0.3) is 0 Å². The molecule has 0 aliphatic heterocycles. The Morgan fingerprint density at radius 1 is 1.05 bits per heavy atom. The van der Waals surface area contributed by atoms with Crippen LogP contribution < -0.4 is 5.32 Å². The highest BCUT2D eigenvalue weighted by Crippen LogP contribution is 2.32. The summed E-state index contributed by atoms with van der Waals surface area (Å²) >= 11 is 3.48. The van der Waals surface area contributed by atoms with E-state index in [1.165, 1.54) is 18.2 Å². The molecule has 0 saturated carbocycles. The van der Waals surface area contributed by atoms with E-state index in [-0.39, 0.29) is 5.56 Å². The number of rotatable bonds is 3. The largest absolute Gasteiger partial charge is 0.309 e. The zero-order valence-corrected chi connectivity index (χ0v) is 12.3. The van der Waals surface area contributed by atoms with Crippen molar-refractivity contribution in [3.63, 3.8) is 0 Å². The van der Waals surface area contributed by atoms with Gasteiger partial charge in [0.25, 0.3) is 0 Å². The molecule has 1 unspecified atom stereocenters. The van der Waals surface area contributed by atoms with Gasteiger partial charge in [-0.05, 0) is 37.2 Å². The van der Waals surface area contributed by atoms with Crippen LogP contribution in [0.15, 0.2) is 40.9 Å². The number of halogens is 3. The van der Waals surface area contributed by atoms with E-state index in [0.29, 0.717) is 0 Å². The molecule has 0 bridgehead atoms. The van der Waals surface area contributed by atoms with E-state index in [1.54, 1.807) is 7.05 Å². The minimum atomic E-state index is -0.548. The number of benzene rings is 2.